The smallest absolute Gasteiger partial charge is 0.414 e. The molecule has 37 heavy (non-hydrogen) atoms. The van der Waals surface area contributed by atoms with Crippen LogP contribution in [0, 0.1) is 5.41 Å². The predicted octanol–water partition coefficient (Wildman–Crippen LogP) is 6.61. The van der Waals surface area contributed by atoms with Crippen LogP contribution in [0.5, 0.6) is 0 Å². The van der Waals surface area contributed by atoms with Crippen molar-refractivity contribution < 1.29 is 36.8 Å². The van der Waals surface area contributed by atoms with Crippen molar-refractivity contribution in [3.63, 3.8) is 0 Å². The maximum atomic E-state index is 13.5. The van der Waals surface area contributed by atoms with Crippen LogP contribution in [0.4, 0.5) is 0 Å². The van der Waals surface area contributed by atoms with E-state index in [1.54, 1.807) is 0 Å². The summed E-state index contributed by atoms with van der Waals surface area (Å²) in [6, 6.07) is 9.92. The third-order valence-corrected chi connectivity index (χ3v) is 14.4. The monoisotopic (exact) mass is 574 g/mol. The lowest BCUT2D eigenvalue weighted by Crippen LogP contribution is -2.58. The van der Waals surface area contributed by atoms with Gasteiger partial charge in [-0.2, -0.15) is 0 Å². The highest BCUT2D eigenvalue weighted by Gasteiger charge is 2.58. The summed E-state index contributed by atoms with van der Waals surface area (Å²) in [4.78, 5) is 0.992. The van der Waals surface area contributed by atoms with E-state index < -0.39 is 51.8 Å². The Bertz CT molecular complexity index is 969. The van der Waals surface area contributed by atoms with Crippen molar-refractivity contribution in [2.24, 2.45) is 5.41 Å². The van der Waals surface area contributed by atoms with Gasteiger partial charge in [0, 0.05) is 10.3 Å². The molecule has 210 valence electrons. The number of phosphoric acid groups is 1. The van der Waals surface area contributed by atoms with Gasteiger partial charge in [-0.3, -0.25) is 13.6 Å². The van der Waals surface area contributed by atoms with Gasteiger partial charge < -0.3 is 18.6 Å². The number of ether oxygens (including phenoxy) is 3. The van der Waals surface area contributed by atoms with Crippen molar-refractivity contribution in [3.8, 4) is 0 Å². The Balaban J connectivity index is 1.61. The Morgan fingerprint density at radius 3 is 2.22 bits per heavy atom. The number of fused-ring (bicyclic) bond motifs is 1. The van der Waals surface area contributed by atoms with Gasteiger partial charge in [-0.1, -0.05) is 64.6 Å². The minimum Gasteiger partial charge on any atom is -0.414 e. The van der Waals surface area contributed by atoms with Crippen LogP contribution in [0.3, 0.4) is 0 Å². The van der Waals surface area contributed by atoms with Gasteiger partial charge in [-0.25, -0.2) is 4.57 Å². The lowest BCUT2D eigenvalue weighted by Gasteiger charge is -2.44. The van der Waals surface area contributed by atoms with Crippen molar-refractivity contribution in [1.29, 1.82) is 0 Å². The Labute approximate surface area is 227 Å². The molecule has 3 aliphatic rings. The number of rotatable bonds is 7. The summed E-state index contributed by atoms with van der Waals surface area (Å²) < 4.78 is 57.0. The van der Waals surface area contributed by atoms with Crippen molar-refractivity contribution in [1.82, 2.24) is 0 Å². The molecule has 3 fully saturated rings. The lowest BCUT2D eigenvalue weighted by atomic mass is 9.97. The fourth-order valence-corrected chi connectivity index (χ4v) is 8.08. The fraction of sp³-hybridized carbons (Fsp3) is 0.769. The van der Waals surface area contributed by atoms with Crippen LogP contribution in [-0.2, 0) is 36.8 Å². The van der Waals surface area contributed by atoms with E-state index in [-0.39, 0.29) is 23.7 Å². The molecule has 0 saturated carbocycles. The molecular weight excluding hydrogens is 531 g/mol. The van der Waals surface area contributed by atoms with Crippen molar-refractivity contribution in [3.05, 3.63) is 30.3 Å². The third kappa shape index (κ3) is 7.09. The zero-order valence-corrected chi connectivity index (χ0v) is 26.2. The van der Waals surface area contributed by atoms with Crippen molar-refractivity contribution in [2.45, 2.75) is 107 Å². The normalized spacial score (nSPS) is 33.2. The first-order valence-corrected chi connectivity index (χ1v) is 18.2. The summed E-state index contributed by atoms with van der Waals surface area (Å²) >= 11 is 1.49. The molecule has 5 atom stereocenters. The molecule has 0 N–H and O–H groups in total. The van der Waals surface area contributed by atoms with Crippen LogP contribution < -0.4 is 0 Å². The maximum Gasteiger partial charge on any atom is 0.475 e. The molecule has 0 aromatic heterocycles. The third-order valence-electron chi connectivity index (χ3n) is 7.32. The van der Waals surface area contributed by atoms with Gasteiger partial charge >= 0.3 is 7.82 Å². The second-order valence-electron chi connectivity index (χ2n) is 12.8. The highest BCUT2D eigenvalue weighted by Crippen LogP contribution is 2.58. The molecule has 4 rings (SSSR count). The van der Waals surface area contributed by atoms with E-state index in [0.29, 0.717) is 6.61 Å². The molecule has 0 aliphatic carbocycles. The van der Waals surface area contributed by atoms with E-state index in [1.165, 1.54) is 11.8 Å². The molecule has 0 bridgehead atoms. The first-order valence-electron chi connectivity index (χ1n) is 12.9. The molecule has 11 heteroatoms. The number of thioether (sulfide) groups is 1. The summed E-state index contributed by atoms with van der Waals surface area (Å²) in [7, 11) is -5.87. The van der Waals surface area contributed by atoms with E-state index in [4.69, 9.17) is 32.2 Å². The molecule has 3 heterocycles. The summed E-state index contributed by atoms with van der Waals surface area (Å²) in [5.41, 5.74) is -0.801. The highest BCUT2D eigenvalue weighted by atomic mass is 32.2. The number of hydrogen-bond donors (Lipinski definition) is 0. The first-order chi connectivity index (χ1) is 17.0. The Morgan fingerprint density at radius 2 is 1.62 bits per heavy atom. The van der Waals surface area contributed by atoms with Crippen LogP contribution in [-0.4, -0.2) is 63.8 Å². The van der Waals surface area contributed by atoms with E-state index in [2.05, 4.69) is 33.9 Å². The molecular formula is C26H43O8PSSi. The van der Waals surface area contributed by atoms with Crippen LogP contribution in [0.15, 0.2) is 35.2 Å². The van der Waals surface area contributed by atoms with Crippen LogP contribution in [0.1, 0.15) is 48.5 Å². The van der Waals surface area contributed by atoms with E-state index in [9.17, 15) is 4.57 Å². The summed E-state index contributed by atoms with van der Waals surface area (Å²) in [6.45, 7) is 19.7. The largest absolute Gasteiger partial charge is 0.475 e. The van der Waals surface area contributed by atoms with Gasteiger partial charge in [-0.15, -0.1) is 0 Å². The van der Waals surface area contributed by atoms with Crippen LogP contribution in [0.25, 0.3) is 0 Å². The van der Waals surface area contributed by atoms with Gasteiger partial charge in [0.05, 0.1) is 19.8 Å². The standard InChI is InChI=1S/C26H43O8PSSi/c1-24(2,3)37(8,9)30-15-19-20-21(33-26(6,7)32-20)22(23(31-19)36-18-13-11-10-12-14-18)34-35(27)28-16-25(4,5)17-29-35/h10-14,19-23H,15-17H2,1-9H3. The van der Waals surface area contributed by atoms with Gasteiger partial charge in [0.1, 0.15) is 29.9 Å². The average Bonchev–Trinajstić information content (AvgIpc) is 3.12. The van der Waals surface area contributed by atoms with Crippen molar-refractivity contribution >= 4 is 27.9 Å². The molecule has 0 amide bonds. The lowest BCUT2D eigenvalue weighted by molar-refractivity contribution is -0.167. The molecule has 0 spiro atoms. The SMILES string of the molecule is CC1(C)COP(=O)(OC2C(Sc3ccccc3)OC(CO[Si](C)(C)C(C)(C)C)C3OC(C)(C)OC32)OC1. The van der Waals surface area contributed by atoms with Crippen LogP contribution >= 0.6 is 19.6 Å². The number of hydrogen-bond acceptors (Lipinski definition) is 9. The van der Waals surface area contributed by atoms with Crippen molar-refractivity contribution in [2.75, 3.05) is 19.8 Å². The maximum absolute atomic E-state index is 13.5. The Morgan fingerprint density at radius 1 is 1.03 bits per heavy atom. The molecule has 1 aromatic carbocycles. The topological polar surface area (TPSA) is 81.7 Å². The predicted molar refractivity (Wildman–Crippen MR) is 146 cm³/mol. The van der Waals surface area contributed by atoms with Crippen LogP contribution in [0.2, 0.25) is 18.1 Å². The molecule has 0 radical (unpaired) electrons. The fourth-order valence-electron chi connectivity index (χ4n) is 4.12. The quantitative estimate of drug-likeness (QED) is 0.264. The zero-order valence-electron chi connectivity index (χ0n) is 23.5. The average molecular weight is 575 g/mol. The second-order valence-corrected chi connectivity index (χ2v) is 20.4. The molecule has 3 aliphatic heterocycles. The van der Waals surface area contributed by atoms with Gasteiger partial charge in [0.2, 0.25) is 0 Å². The molecule has 8 nitrogen and oxygen atoms in total. The minimum absolute atomic E-state index is 0.0556. The van der Waals surface area contributed by atoms with E-state index in [0.717, 1.165) is 4.90 Å². The number of phosphoric ester groups is 1. The van der Waals surface area contributed by atoms with E-state index >= 15 is 0 Å². The summed E-state index contributed by atoms with van der Waals surface area (Å²) in [5.74, 6) is -0.868. The zero-order chi connectivity index (χ0) is 27.3. The molecule has 1 aromatic rings. The second kappa shape index (κ2) is 10.6. The van der Waals surface area contributed by atoms with Gasteiger partial charge in [0.15, 0.2) is 14.1 Å². The molecule has 5 unspecified atom stereocenters. The van der Waals surface area contributed by atoms with Gasteiger partial charge in [-0.05, 0) is 44.1 Å². The van der Waals surface area contributed by atoms with Gasteiger partial charge in [0.25, 0.3) is 0 Å². The highest BCUT2D eigenvalue weighted by molar-refractivity contribution is 7.99. The summed E-state index contributed by atoms with van der Waals surface area (Å²) in [5, 5.41) is 0.0556. The Kier molecular flexibility index (Phi) is 8.52. The first kappa shape index (κ1) is 29.7. The Hall–Kier alpha value is -0.263. The van der Waals surface area contributed by atoms with E-state index in [1.807, 2.05) is 58.0 Å². The summed E-state index contributed by atoms with van der Waals surface area (Å²) in [6.07, 6.45) is -2.17. The minimum atomic E-state index is -3.83. The molecule has 3 saturated heterocycles. The number of benzene rings is 1.